The molecular formula is C18H22ClNO5. The first-order valence-corrected chi connectivity index (χ1v) is 8.59. The Kier molecular flexibility index (Phi) is 5.72. The van der Waals surface area contributed by atoms with Gasteiger partial charge in [-0.3, -0.25) is 19.3 Å². The second kappa shape index (κ2) is 7.44. The van der Waals surface area contributed by atoms with Crippen LogP contribution in [0.25, 0.3) is 0 Å². The van der Waals surface area contributed by atoms with Gasteiger partial charge in [0.25, 0.3) is 5.91 Å². The second-order valence-corrected chi connectivity index (χ2v) is 7.09. The highest BCUT2D eigenvalue weighted by molar-refractivity contribution is 6.30. The molecule has 1 aliphatic heterocycles. The van der Waals surface area contributed by atoms with Crippen LogP contribution in [0.5, 0.6) is 5.75 Å². The predicted molar refractivity (Wildman–Crippen MR) is 94.3 cm³/mol. The van der Waals surface area contributed by atoms with E-state index in [0.717, 1.165) is 0 Å². The summed E-state index contributed by atoms with van der Waals surface area (Å²) in [6.07, 6.45) is 0. The second-order valence-electron chi connectivity index (χ2n) is 6.82. The molecule has 7 heteroatoms. The summed E-state index contributed by atoms with van der Waals surface area (Å²) in [5.74, 6) is -0.718. The molecule has 1 heterocycles. The Hall–Kier alpha value is -2.08. The van der Waals surface area contributed by atoms with Crippen LogP contribution in [0.3, 0.4) is 0 Å². The molecule has 0 aliphatic carbocycles. The number of fused-ring (bicyclic) bond motifs is 1. The van der Waals surface area contributed by atoms with Crippen LogP contribution in [0.2, 0.25) is 0 Å². The maximum absolute atomic E-state index is 12.7. The minimum Gasteiger partial charge on any atom is -0.476 e. The molecule has 136 valence electrons. The maximum Gasteiger partial charge on any atom is 0.326 e. The molecule has 0 fully saturated rings. The largest absolute Gasteiger partial charge is 0.476 e. The van der Waals surface area contributed by atoms with Crippen LogP contribution in [0.1, 0.15) is 38.1 Å². The third-order valence-corrected chi connectivity index (χ3v) is 3.93. The van der Waals surface area contributed by atoms with Gasteiger partial charge in [0, 0.05) is 5.56 Å². The number of alkyl halides is 1. The average Bonchev–Trinajstić information content (AvgIpc) is 2.55. The molecule has 6 nitrogen and oxygen atoms in total. The fourth-order valence-corrected chi connectivity index (χ4v) is 2.56. The SMILES string of the molecule is CC(C)COC(=O)CN1C(=O)C(C)(C)Oc2ccc(C(=O)CCl)cc21. The van der Waals surface area contributed by atoms with Crippen LogP contribution < -0.4 is 9.64 Å². The molecule has 0 radical (unpaired) electrons. The van der Waals surface area contributed by atoms with Gasteiger partial charge in [-0.05, 0) is 38.0 Å². The number of carbonyl (C=O) groups excluding carboxylic acids is 3. The number of carbonyl (C=O) groups is 3. The van der Waals surface area contributed by atoms with E-state index in [2.05, 4.69) is 0 Å². The van der Waals surface area contributed by atoms with Gasteiger partial charge in [-0.25, -0.2) is 0 Å². The molecule has 0 aromatic heterocycles. The summed E-state index contributed by atoms with van der Waals surface area (Å²) in [4.78, 5) is 38.0. The number of hydrogen-bond donors (Lipinski definition) is 0. The van der Waals surface area contributed by atoms with E-state index in [1.165, 1.54) is 11.0 Å². The van der Waals surface area contributed by atoms with Crippen LogP contribution in [-0.2, 0) is 14.3 Å². The minimum absolute atomic E-state index is 0.171. The Bertz CT molecular complexity index is 699. The molecule has 25 heavy (non-hydrogen) atoms. The Morgan fingerprint density at radius 2 is 2.00 bits per heavy atom. The molecule has 0 unspecified atom stereocenters. The van der Waals surface area contributed by atoms with Crippen molar-refractivity contribution in [2.24, 2.45) is 5.92 Å². The van der Waals surface area contributed by atoms with Gasteiger partial charge >= 0.3 is 5.97 Å². The van der Waals surface area contributed by atoms with Gasteiger partial charge in [-0.1, -0.05) is 13.8 Å². The van der Waals surface area contributed by atoms with Crippen LogP contribution >= 0.6 is 11.6 Å². The van der Waals surface area contributed by atoms with Crippen molar-refractivity contribution in [3.8, 4) is 5.75 Å². The lowest BCUT2D eigenvalue weighted by Crippen LogP contribution is -2.54. The Morgan fingerprint density at radius 3 is 2.60 bits per heavy atom. The van der Waals surface area contributed by atoms with Gasteiger partial charge in [0.05, 0.1) is 18.2 Å². The van der Waals surface area contributed by atoms with E-state index in [9.17, 15) is 14.4 Å². The fourth-order valence-electron chi connectivity index (χ4n) is 2.41. The van der Waals surface area contributed by atoms with Crippen molar-refractivity contribution >= 4 is 34.9 Å². The van der Waals surface area contributed by atoms with Crippen molar-refractivity contribution in [2.75, 3.05) is 23.9 Å². The summed E-state index contributed by atoms with van der Waals surface area (Å²) in [7, 11) is 0. The predicted octanol–water partition coefficient (Wildman–Crippen LogP) is 2.81. The molecule has 0 saturated heterocycles. The van der Waals surface area contributed by atoms with Gasteiger partial charge in [0.15, 0.2) is 11.4 Å². The summed E-state index contributed by atoms with van der Waals surface area (Å²) in [5, 5.41) is 0. The van der Waals surface area contributed by atoms with Crippen LogP contribution in [0, 0.1) is 5.92 Å². The van der Waals surface area contributed by atoms with Crippen molar-refractivity contribution in [3.63, 3.8) is 0 Å². The highest BCUT2D eigenvalue weighted by Gasteiger charge is 2.42. The number of esters is 1. The molecule has 0 spiro atoms. The maximum atomic E-state index is 12.7. The zero-order valence-corrected chi connectivity index (χ0v) is 15.6. The van der Waals surface area contributed by atoms with E-state index in [0.29, 0.717) is 17.0 Å². The number of ether oxygens (including phenoxy) is 2. The van der Waals surface area contributed by atoms with Crippen molar-refractivity contribution in [1.82, 2.24) is 0 Å². The number of rotatable bonds is 6. The normalized spacial score (nSPS) is 15.6. The number of hydrogen-bond acceptors (Lipinski definition) is 5. The van der Waals surface area contributed by atoms with E-state index in [4.69, 9.17) is 21.1 Å². The van der Waals surface area contributed by atoms with Crippen LogP contribution in [0.15, 0.2) is 18.2 Å². The molecule has 0 bridgehead atoms. The van der Waals surface area contributed by atoms with Crippen molar-refractivity contribution < 1.29 is 23.9 Å². The first-order chi connectivity index (χ1) is 11.7. The number of amides is 1. The van der Waals surface area contributed by atoms with E-state index in [-0.39, 0.29) is 36.6 Å². The van der Waals surface area contributed by atoms with Gasteiger partial charge in [-0.2, -0.15) is 0 Å². The fraction of sp³-hybridized carbons (Fsp3) is 0.500. The quantitative estimate of drug-likeness (QED) is 0.439. The number of ketones is 1. The molecule has 0 atom stereocenters. The smallest absolute Gasteiger partial charge is 0.326 e. The summed E-state index contributed by atoms with van der Waals surface area (Å²) < 4.78 is 10.9. The molecule has 1 aliphatic rings. The number of anilines is 1. The molecule has 1 aromatic rings. The van der Waals surface area contributed by atoms with Crippen molar-refractivity contribution in [2.45, 2.75) is 33.3 Å². The number of Topliss-reactive ketones (excluding diaryl/α,β-unsaturated/α-hetero) is 1. The summed E-state index contributed by atoms with van der Waals surface area (Å²) >= 11 is 5.60. The molecule has 0 saturated carbocycles. The van der Waals surface area contributed by atoms with Gasteiger partial charge < -0.3 is 9.47 Å². The van der Waals surface area contributed by atoms with Gasteiger partial charge in [-0.15, -0.1) is 11.6 Å². The van der Waals surface area contributed by atoms with E-state index >= 15 is 0 Å². The Morgan fingerprint density at radius 1 is 1.32 bits per heavy atom. The molecule has 1 aromatic carbocycles. The molecule has 0 N–H and O–H groups in total. The average molecular weight is 368 g/mol. The lowest BCUT2D eigenvalue weighted by atomic mass is 10.0. The molecule has 1 amide bonds. The first kappa shape index (κ1) is 19.2. The van der Waals surface area contributed by atoms with Gasteiger partial charge in [0.1, 0.15) is 12.3 Å². The Balaban J connectivity index is 2.35. The monoisotopic (exact) mass is 367 g/mol. The number of benzene rings is 1. The highest BCUT2D eigenvalue weighted by atomic mass is 35.5. The molecule has 2 rings (SSSR count). The summed E-state index contributed by atoms with van der Waals surface area (Å²) in [5.41, 5.74) is -0.407. The van der Waals surface area contributed by atoms with E-state index in [1.807, 2.05) is 13.8 Å². The minimum atomic E-state index is -1.12. The van der Waals surface area contributed by atoms with E-state index < -0.39 is 11.6 Å². The number of halogens is 1. The van der Waals surface area contributed by atoms with Crippen LogP contribution in [-0.4, -0.2) is 42.3 Å². The third kappa shape index (κ3) is 4.31. The topological polar surface area (TPSA) is 72.9 Å². The van der Waals surface area contributed by atoms with Crippen LogP contribution in [0.4, 0.5) is 5.69 Å². The summed E-state index contributed by atoms with van der Waals surface area (Å²) in [6, 6.07) is 4.71. The zero-order chi connectivity index (χ0) is 18.8. The third-order valence-electron chi connectivity index (χ3n) is 3.68. The van der Waals surface area contributed by atoms with Gasteiger partial charge in [0.2, 0.25) is 0 Å². The highest BCUT2D eigenvalue weighted by Crippen LogP contribution is 2.38. The van der Waals surface area contributed by atoms with Crippen molar-refractivity contribution in [1.29, 1.82) is 0 Å². The standard InChI is InChI=1S/C18H22ClNO5/c1-11(2)10-24-16(22)9-20-13-7-12(14(21)8-19)5-6-15(13)25-18(3,4)17(20)23/h5-7,11H,8-10H2,1-4H3. The van der Waals surface area contributed by atoms with E-state index in [1.54, 1.807) is 26.0 Å². The first-order valence-electron chi connectivity index (χ1n) is 8.05. The van der Waals surface area contributed by atoms with Crippen molar-refractivity contribution in [3.05, 3.63) is 23.8 Å². The zero-order valence-electron chi connectivity index (χ0n) is 14.8. The number of nitrogens with zero attached hydrogens (tertiary/aromatic N) is 1. The lowest BCUT2D eigenvalue weighted by molar-refractivity contribution is -0.145. The lowest BCUT2D eigenvalue weighted by Gasteiger charge is -2.38. The molecular weight excluding hydrogens is 346 g/mol. The Labute approximate surface area is 152 Å². The summed E-state index contributed by atoms with van der Waals surface area (Å²) in [6.45, 7) is 7.14.